The molecule has 1 aliphatic carbocycles. The van der Waals surface area contributed by atoms with Crippen LogP contribution in [0, 0.1) is 0 Å². The summed E-state index contributed by atoms with van der Waals surface area (Å²) in [5.41, 5.74) is 1.76. The number of imidazole rings is 1. The van der Waals surface area contributed by atoms with E-state index in [4.69, 9.17) is 5.11 Å². The molecule has 1 aliphatic rings. The minimum absolute atomic E-state index is 0.420. The molecule has 0 aliphatic heterocycles. The van der Waals surface area contributed by atoms with Gasteiger partial charge in [0.2, 0.25) is 0 Å². The van der Waals surface area contributed by atoms with Gasteiger partial charge in [-0.1, -0.05) is 0 Å². The van der Waals surface area contributed by atoms with Crippen molar-refractivity contribution < 1.29 is 9.90 Å². The molecule has 5 nitrogen and oxygen atoms in total. The Morgan fingerprint density at radius 1 is 1.62 bits per heavy atom. The monoisotopic (exact) mass is 223 g/mol. The van der Waals surface area contributed by atoms with Crippen LogP contribution < -0.4 is 0 Å². The Hall–Kier alpha value is -1.36. The van der Waals surface area contributed by atoms with Crippen molar-refractivity contribution in [2.24, 2.45) is 0 Å². The summed E-state index contributed by atoms with van der Waals surface area (Å²) in [4.78, 5) is 20.7. The Bertz CT molecular complexity index is 398. The van der Waals surface area contributed by atoms with Gasteiger partial charge >= 0.3 is 5.97 Å². The number of rotatable bonds is 3. The second-order valence-corrected chi connectivity index (χ2v) is 4.57. The Morgan fingerprint density at radius 3 is 3.00 bits per heavy atom. The molecule has 0 bridgehead atoms. The predicted molar refractivity (Wildman–Crippen MR) is 59.3 cm³/mol. The van der Waals surface area contributed by atoms with Gasteiger partial charge < -0.3 is 15.0 Å². The Morgan fingerprint density at radius 2 is 2.38 bits per heavy atom. The maximum atomic E-state index is 11.1. The van der Waals surface area contributed by atoms with Crippen molar-refractivity contribution in [3.05, 3.63) is 17.2 Å². The third kappa shape index (κ3) is 2.09. The highest BCUT2D eigenvalue weighted by atomic mass is 16.4. The van der Waals surface area contributed by atoms with Crippen LogP contribution >= 0.6 is 0 Å². The van der Waals surface area contributed by atoms with E-state index in [-0.39, 0.29) is 0 Å². The van der Waals surface area contributed by atoms with Crippen molar-refractivity contribution in [3.8, 4) is 0 Å². The van der Waals surface area contributed by atoms with E-state index in [1.165, 1.54) is 0 Å². The van der Waals surface area contributed by atoms with Crippen LogP contribution in [-0.2, 0) is 17.8 Å². The number of aromatic nitrogens is 2. The van der Waals surface area contributed by atoms with Gasteiger partial charge in [-0.05, 0) is 33.4 Å². The second kappa shape index (κ2) is 4.25. The molecule has 2 rings (SSSR count). The molecule has 0 saturated heterocycles. The molecule has 1 aromatic heterocycles. The number of hydrogen-bond acceptors (Lipinski definition) is 3. The molecule has 88 valence electrons. The van der Waals surface area contributed by atoms with Crippen LogP contribution in [0.3, 0.4) is 0 Å². The maximum absolute atomic E-state index is 11.1. The number of fused-ring (bicyclic) bond motifs is 1. The fourth-order valence-electron chi connectivity index (χ4n) is 2.19. The number of nitrogens with zero attached hydrogens (tertiary/aromatic N) is 2. The largest absolute Gasteiger partial charge is 0.481 e. The molecule has 1 aromatic rings. The van der Waals surface area contributed by atoms with Crippen molar-refractivity contribution >= 4 is 5.97 Å². The smallest absolute Gasteiger partial charge is 0.312 e. The molecular weight excluding hydrogens is 206 g/mol. The van der Waals surface area contributed by atoms with Crippen molar-refractivity contribution in [1.82, 2.24) is 14.9 Å². The van der Waals surface area contributed by atoms with Crippen LogP contribution in [0.1, 0.15) is 36.0 Å². The summed E-state index contributed by atoms with van der Waals surface area (Å²) in [6.07, 6.45) is 2.54. The van der Waals surface area contributed by atoms with E-state index in [0.29, 0.717) is 6.42 Å². The predicted octanol–water partition coefficient (Wildman–Crippen LogP) is 0.976. The SMILES string of the molecule is CN(C)Cc1nc2c([nH]1)CCCC2C(=O)O. The van der Waals surface area contributed by atoms with E-state index in [0.717, 1.165) is 36.6 Å². The second-order valence-electron chi connectivity index (χ2n) is 4.57. The number of nitrogens with one attached hydrogen (secondary N) is 1. The summed E-state index contributed by atoms with van der Waals surface area (Å²) >= 11 is 0. The highest BCUT2D eigenvalue weighted by Crippen LogP contribution is 2.30. The van der Waals surface area contributed by atoms with Crippen LogP contribution in [0.4, 0.5) is 0 Å². The third-order valence-electron chi connectivity index (χ3n) is 2.87. The summed E-state index contributed by atoms with van der Waals surface area (Å²) in [5, 5.41) is 9.11. The van der Waals surface area contributed by atoms with Gasteiger partial charge in [-0.2, -0.15) is 0 Å². The van der Waals surface area contributed by atoms with Crippen LogP contribution in [0.2, 0.25) is 0 Å². The number of hydrogen-bond donors (Lipinski definition) is 2. The fourth-order valence-corrected chi connectivity index (χ4v) is 2.19. The van der Waals surface area contributed by atoms with Gasteiger partial charge in [-0.15, -0.1) is 0 Å². The third-order valence-corrected chi connectivity index (χ3v) is 2.87. The van der Waals surface area contributed by atoms with Crippen LogP contribution in [-0.4, -0.2) is 40.0 Å². The van der Waals surface area contributed by atoms with E-state index in [2.05, 4.69) is 9.97 Å². The lowest BCUT2D eigenvalue weighted by Crippen LogP contribution is -2.18. The average molecular weight is 223 g/mol. The minimum atomic E-state index is -0.760. The maximum Gasteiger partial charge on any atom is 0.312 e. The van der Waals surface area contributed by atoms with Crippen molar-refractivity contribution in [2.75, 3.05) is 14.1 Å². The lowest BCUT2D eigenvalue weighted by atomic mass is 9.90. The Balaban J connectivity index is 2.27. The summed E-state index contributed by atoms with van der Waals surface area (Å²) in [6, 6.07) is 0. The van der Waals surface area contributed by atoms with E-state index in [1.807, 2.05) is 19.0 Å². The molecule has 0 radical (unpaired) electrons. The van der Waals surface area contributed by atoms with Gasteiger partial charge in [-0.25, -0.2) is 4.98 Å². The minimum Gasteiger partial charge on any atom is -0.481 e. The standard InChI is InChI=1S/C11H17N3O2/c1-14(2)6-9-12-8-5-3-4-7(11(15)16)10(8)13-9/h7H,3-6H2,1-2H3,(H,12,13)(H,15,16). The molecule has 2 N–H and O–H groups in total. The summed E-state index contributed by atoms with van der Waals surface area (Å²) in [5.74, 6) is -0.317. The fraction of sp³-hybridized carbons (Fsp3) is 0.636. The van der Waals surface area contributed by atoms with Crippen molar-refractivity contribution in [1.29, 1.82) is 0 Å². The zero-order valence-electron chi connectivity index (χ0n) is 9.66. The first-order valence-electron chi connectivity index (χ1n) is 5.53. The first-order chi connectivity index (χ1) is 7.58. The number of aliphatic carboxylic acids is 1. The van der Waals surface area contributed by atoms with E-state index >= 15 is 0 Å². The number of carbonyl (C=O) groups is 1. The van der Waals surface area contributed by atoms with Crippen LogP contribution in [0.25, 0.3) is 0 Å². The number of carboxylic acid groups (broad SMARTS) is 1. The molecule has 1 unspecified atom stereocenters. The number of H-pyrrole nitrogens is 1. The molecule has 1 atom stereocenters. The topological polar surface area (TPSA) is 69.2 Å². The number of carboxylic acids is 1. The number of aromatic amines is 1. The quantitative estimate of drug-likeness (QED) is 0.801. The van der Waals surface area contributed by atoms with Gasteiger partial charge in [0.25, 0.3) is 0 Å². The highest BCUT2D eigenvalue weighted by Gasteiger charge is 2.29. The van der Waals surface area contributed by atoms with Gasteiger partial charge in [0.15, 0.2) is 0 Å². The lowest BCUT2D eigenvalue weighted by molar-refractivity contribution is -0.139. The first-order valence-corrected chi connectivity index (χ1v) is 5.53. The van der Waals surface area contributed by atoms with Crippen molar-refractivity contribution in [3.63, 3.8) is 0 Å². The zero-order valence-corrected chi connectivity index (χ0v) is 9.66. The van der Waals surface area contributed by atoms with E-state index < -0.39 is 11.9 Å². The van der Waals surface area contributed by atoms with Gasteiger partial charge in [-0.3, -0.25) is 4.79 Å². The lowest BCUT2D eigenvalue weighted by Gasteiger charge is -2.16. The molecule has 1 heterocycles. The molecule has 16 heavy (non-hydrogen) atoms. The highest BCUT2D eigenvalue weighted by molar-refractivity contribution is 5.76. The normalized spacial score (nSPS) is 19.8. The zero-order chi connectivity index (χ0) is 11.7. The number of aryl methyl sites for hydroxylation is 1. The van der Waals surface area contributed by atoms with E-state index in [9.17, 15) is 4.79 Å². The molecule has 0 amide bonds. The van der Waals surface area contributed by atoms with Gasteiger partial charge in [0.1, 0.15) is 11.7 Å². The Kier molecular flexibility index (Phi) is 2.96. The summed E-state index contributed by atoms with van der Waals surface area (Å²) in [6.45, 7) is 0.722. The molecule has 5 heteroatoms. The van der Waals surface area contributed by atoms with Crippen LogP contribution in [0.15, 0.2) is 0 Å². The van der Waals surface area contributed by atoms with Crippen molar-refractivity contribution in [2.45, 2.75) is 31.7 Å². The summed E-state index contributed by atoms with van der Waals surface area (Å²) < 4.78 is 0. The summed E-state index contributed by atoms with van der Waals surface area (Å²) in [7, 11) is 3.94. The van der Waals surface area contributed by atoms with E-state index in [1.54, 1.807) is 0 Å². The molecule has 0 saturated carbocycles. The van der Waals surface area contributed by atoms with Gasteiger partial charge in [0.05, 0.1) is 12.2 Å². The first kappa shape index (κ1) is 11.1. The molecular formula is C11H17N3O2. The average Bonchev–Trinajstić information content (AvgIpc) is 2.57. The van der Waals surface area contributed by atoms with Crippen LogP contribution in [0.5, 0.6) is 0 Å². The van der Waals surface area contributed by atoms with Gasteiger partial charge in [0, 0.05) is 5.69 Å². The molecule has 0 fully saturated rings. The Labute approximate surface area is 94.5 Å². The molecule has 0 spiro atoms. The molecule has 0 aromatic carbocycles.